The molecule has 3 aliphatic rings. The quantitative estimate of drug-likeness (QED) is 0.718. The number of hydrogen-bond donors (Lipinski definition) is 1. The summed E-state index contributed by atoms with van der Waals surface area (Å²) in [5, 5.41) is 10.3. The van der Waals surface area contributed by atoms with E-state index >= 15 is 0 Å². The molecule has 0 amide bonds. The number of rotatable bonds is 7. The molecule has 31 heavy (non-hydrogen) atoms. The van der Waals surface area contributed by atoms with Crippen molar-refractivity contribution in [1.29, 1.82) is 0 Å². The maximum Gasteiger partial charge on any atom is 0.218 e. The molecular weight excluding hydrogens is 408 g/mol. The third kappa shape index (κ3) is 3.74. The first-order valence-electron chi connectivity index (χ1n) is 11.5. The maximum atomic E-state index is 13.1. The average molecular weight is 441 g/mol. The zero-order chi connectivity index (χ0) is 21.5. The molecule has 2 atom stereocenters. The van der Waals surface area contributed by atoms with Crippen LogP contribution in [0.15, 0.2) is 60.7 Å². The number of likely N-dealkylation sites (tertiary alicyclic amines) is 1. The van der Waals surface area contributed by atoms with E-state index in [2.05, 4.69) is 17.0 Å². The van der Waals surface area contributed by atoms with Crippen molar-refractivity contribution >= 4 is 10.0 Å². The highest BCUT2D eigenvalue weighted by atomic mass is 32.2. The minimum Gasteiger partial charge on any atom is -0.395 e. The largest absolute Gasteiger partial charge is 0.395 e. The zero-order valence-corrected chi connectivity index (χ0v) is 18.8. The Morgan fingerprint density at radius 1 is 0.935 bits per heavy atom. The fourth-order valence-electron chi connectivity index (χ4n) is 6.17. The van der Waals surface area contributed by atoms with Gasteiger partial charge in [0.15, 0.2) is 0 Å². The molecule has 3 fully saturated rings. The fraction of sp³-hybridized carbons (Fsp3) is 0.520. The summed E-state index contributed by atoms with van der Waals surface area (Å²) in [6, 6.07) is 19.8. The van der Waals surface area contributed by atoms with Gasteiger partial charge in [-0.05, 0) is 29.9 Å². The van der Waals surface area contributed by atoms with Crippen LogP contribution in [0.5, 0.6) is 0 Å². The third-order valence-corrected chi connectivity index (χ3v) is 9.44. The normalized spacial score (nSPS) is 26.6. The van der Waals surface area contributed by atoms with Gasteiger partial charge < -0.3 is 5.11 Å². The smallest absolute Gasteiger partial charge is 0.218 e. The summed E-state index contributed by atoms with van der Waals surface area (Å²) < 4.78 is 27.9. The van der Waals surface area contributed by atoms with E-state index in [0.717, 1.165) is 12.1 Å². The van der Waals surface area contributed by atoms with Crippen LogP contribution in [0.1, 0.15) is 42.7 Å². The molecular formula is C25H32N2O3S. The lowest BCUT2D eigenvalue weighted by Gasteiger charge is -2.70. The molecule has 2 heterocycles. The second-order valence-electron chi connectivity index (χ2n) is 9.55. The Morgan fingerprint density at radius 3 is 2.16 bits per heavy atom. The molecule has 0 aromatic heterocycles. The minimum absolute atomic E-state index is 0.0476. The van der Waals surface area contributed by atoms with Crippen LogP contribution in [-0.2, 0) is 15.8 Å². The Hall–Kier alpha value is -1.73. The second-order valence-corrected chi connectivity index (χ2v) is 11.5. The number of benzene rings is 2. The lowest BCUT2D eigenvalue weighted by atomic mass is 9.61. The number of aliphatic hydroxyl groups is 1. The Morgan fingerprint density at radius 2 is 1.55 bits per heavy atom. The Bertz CT molecular complexity index is 984. The van der Waals surface area contributed by atoms with E-state index in [1.54, 1.807) is 4.31 Å². The van der Waals surface area contributed by atoms with Crippen LogP contribution in [-0.4, -0.2) is 60.6 Å². The van der Waals surface area contributed by atoms with Crippen LogP contribution in [0.4, 0.5) is 0 Å². The summed E-state index contributed by atoms with van der Waals surface area (Å²) in [4.78, 5) is 2.45. The highest BCUT2D eigenvalue weighted by molar-refractivity contribution is 7.88. The second kappa shape index (κ2) is 8.32. The first kappa shape index (κ1) is 21.1. The Balaban J connectivity index is 1.38. The van der Waals surface area contributed by atoms with Crippen LogP contribution in [0.25, 0.3) is 0 Å². The predicted octanol–water partition coefficient (Wildman–Crippen LogP) is 3.22. The van der Waals surface area contributed by atoms with Crippen molar-refractivity contribution in [2.75, 3.05) is 26.2 Å². The van der Waals surface area contributed by atoms with Crippen molar-refractivity contribution in [3.63, 3.8) is 0 Å². The van der Waals surface area contributed by atoms with Crippen molar-refractivity contribution < 1.29 is 13.5 Å². The van der Waals surface area contributed by atoms with E-state index in [0.29, 0.717) is 19.0 Å². The molecule has 1 spiro atoms. The van der Waals surface area contributed by atoms with Gasteiger partial charge in [-0.1, -0.05) is 73.5 Å². The standard InChI is InChI=1S/C25H32N2O3S/c28-16-23-24(22-13-5-2-6-14-22)25(27(23)15-20-9-7-8-10-20)18-26(19-25)31(29,30)17-21-11-3-1-4-12-21/h1-6,11-14,20,23-24,28H,7-10,15-19H2/t23-,24+/m0/s1. The number of hydrogen-bond acceptors (Lipinski definition) is 4. The summed E-state index contributed by atoms with van der Waals surface area (Å²) in [5.41, 5.74) is 1.85. The minimum atomic E-state index is -3.36. The van der Waals surface area contributed by atoms with Gasteiger partial charge in [-0.15, -0.1) is 0 Å². The molecule has 2 aromatic rings. The highest BCUT2D eigenvalue weighted by Gasteiger charge is 2.67. The zero-order valence-electron chi connectivity index (χ0n) is 17.9. The van der Waals surface area contributed by atoms with Gasteiger partial charge in [-0.3, -0.25) is 4.90 Å². The molecule has 1 saturated carbocycles. The van der Waals surface area contributed by atoms with Crippen LogP contribution in [0, 0.1) is 5.92 Å². The SMILES string of the molecule is O=S(=O)(Cc1ccccc1)N1CC2(C1)[C@H](c1ccccc1)[C@H](CO)N2CC1CCCC1. The summed E-state index contributed by atoms with van der Waals surface area (Å²) >= 11 is 0. The van der Waals surface area contributed by atoms with E-state index in [-0.39, 0.29) is 29.9 Å². The van der Waals surface area contributed by atoms with Gasteiger partial charge in [-0.25, -0.2) is 8.42 Å². The van der Waals surface area contributed by atoms with Crippen molar-refractivity contribution in [1.82, 2.24) is 9.21 Å². The molecule has 1 N–H and O–H groups in total. The van der Waals surface area contributed by atoms with Gasteiger partial charge in [0.05, 0.1) is 17.9 Å². The van der Waals surface area contributed by atoms with Gasteiger partial charge >= 0.3 is 0 Å². The van der Waals surface area contributed by atoms with Crippen molar-refractivity contribution in [2.24, 2.45) is 5.92 Å². The molecule has 2 aliphatic heterocycles. The fourth-order valence-corrected chi connectivity index (χ4v) is 7.80. The highest BCUT2D eigenvalue weighted by Crippen LogP contribution is 2.55. The van der Waals surface area contributed by atoms with Gasteiger partial charge in [-0.2, -0.15) is 4.31 Å². The van der Waals surface area contributed by atoms with Gasteiger partial charge in [0.2, 0.25) is 10.0 Å². The predicted molar refractivity (Wildman–Crippen MR) is 122 cm³/mol. The summed E-state index contributed by atoms with van der Waals surface area (Å²) in [7, 11) is -3.36. The first-order valence-corrected chi connectivity index (χ1v) is 13.1. The lowest BCUT2D eigenvalue weighted by molar-refractivity contribution is -0.175. The molecule has 2 saturated heterocycles. The molecule has 5 nitrogen and oxygen atoms in total. The van der Waals surface area contributed by atoms with E-state index in [4.69, 9.17) is 0 Å². The Labute approximate surface area is 185 Å². The first-order chi connectivity index (χ1) is 15.0. The number of nitrogens with zero attached hydrogens (tertiary/aromatic N) is 2. The summed E-state index contributed by atoms with van der Waals surface area (Å²) in [6.07, 6.45) is 5.07. The summed E-state index contributed by atoms with van der Waals surface area (Å²) in [5.74, 6) is 0.882. The molecule has 2 aromatic carbocycles. The van der Waals surface area contributed by atoms with E-state index in [1.807, 2.05) is 48.5 Å². The molecule has 0 radical (unpaired) electrons. The maximum absolute atomic E-state index is 13.1. The van der Waals surface area contributed by atoms with Crippen LogP contribution >= 0.6 is 0 Å². The molecule has 5 rings (SSSR count). The number of aliphatic hydroxyl groups excluding tert-OH is 1. The van der Waals surface area contributed by atoms with E-state index in [1.165, 1.54) is 31.2 Å². The average Bonchev–Trinajstić information content (AvgIpc) is 3.24. The monoisotopic (exact) mass is 440 g/mol. The molecule has 166 valence electrons. The molecule has 0 unspecified atom stereocenters. The van der Waals surface area contributed by atoms with Crippen molar-refractivity contribution in [3.8, 4) is 0 Å². The summed E-state index contributed by atoms with van der Waals surface area (Å²) in [6.45, 7) is 2.13. The van der Waals surface area contributed by atoms with Crippen LogP contribution in [0.3, 0.4) is 0 Å². The molecule has 0 bridgehead atoms. The molecule has 6 heteroatoms. The Kier molecular flexibility index (Phi) is 5.67. The van der Waals surface area contributed by atoms with E-state index in [9.17, 15) is 13.5 Å². The lowest BCUT2D eigenvalue weighted by Crippen LogP contribution is -2.85. The third-order valence-electron chi connectivity index (χ3n) is 7.70. The van der Waals surface area contributed by atoms with Gasteiger partial charge in [0.25, 0.3) is 0 Å². The van der Waals surface area contributed by atoms with Crippen molar-refractivity contribution in [2.45, 2.75) is 48.9 Å². The van der Waals surface area contributed by atoms with Gasteiger partial charge in [0.1, 0.15) is 0 Å². The topological polar surface area (TPSA) is 60.9 Å². The molecule has 1 aliphatic carbocycles. The number of sulfonamides is 1. The van der Waals surface area contributed by atoms with Gasteiger partial charge in [0, 0.05) is 31.6 Å². The van der Waals surface area contributed by atoms with Crippen molar-refractivity contribution in [3.05, 3.63) is 71.8 Å². The van der Waals surface area contributed by atoms with Crippen LogP contribution < -0.4 is 0 Å². The van der Waals surface area contributed by atoms with Crippen LogP contribution in [0.2, 0.25) is 0 Å². The van der Waals surface area contributed by atoms with E-state index < -0.39 is 10.0 Å².